The minimum absolute atomic E-state index is 0.835. The topological polar surface area (TPSA) is 0 Å². The van der Waals surface area contributed by atoms with Crippen molar-refractivity contribution in [1.82, 2.24) is 0 Å². The molecule has 0 aliphatic heterocycles. The molecule has 1 rings (SSSR count). The molecule has 0 N–H and O–H groups in total. The molecule has 0 bridgehead atoms. The average molecular weight is 169 g/mol. The van der Waals surface area contributed by atoms with Crippen LogP contribution in [-0.4, -0.2) is 0 Å². The van der Waals surface area contributed by atoms with Gasteiger partial charge in [0.15, 0.2) is 0 Å². The summed E-state index contributed by atoms with van der Waals surface area (Å²) < 4.78 is 0. The zero-order valence-corrected chi connectivity index (χ0v) is 7.78. The summed E-state index contributed by atoms with van der Waals surface area (Å²) in [6, 6.07) is 0. The summed E-state index contributed by atoms with van der Waals surface area (Å²) >= 11 is 5.89. The Kier molecular flexibility index (Phi) is 2.95. The van der Waals surface area contributed by atoms with Crippen LogP contribution >= 0.6 is 11.6 Å². The van der Waals surface area contributed by atoms with Crippen LogP contribution in [0.5, 0.6) is 0 Å². The molecule has 0 radical (unpaired) electrons. The zero-order valence-electron chi connectivity index (χ0n) is 7.02. The van der Waals surface area contributed by atoms with Gasteiger partial charge in [0.25, 0.3) is 0 Å². The lowest BCUT2D eigenvalue weighted by atomic mass is 10.0. The maximum absolute atomic E-state index is 5.89. The predicted octanol–water partition coefficient (Wildman–Crippen LogP) is 3.80. The standard InChI is InChI=1S/C10H13Cl/c1-8-3-4-9(2)7-10(11)6-5-8/h5-7H,3-4H2,1-2H3/b8-5-,9-7+,10-6+. The molecule has 0 aromatic heterocycles. The molecule has 1 aliphatic carbocycles. The van der Waals surface area contributed by atoms with Gasteiger partial charge in [-0.3, -0.25) is 0 Å². The summed E-state index contributed by atoms with van der Waals surface area (Å²) in [5, 5.41) is 0.835. The fourth-order valence-electron chi connectivity index (χ4n) is 1.06. The van der Waals surface area contributed by atoms with Gasteiger partial charge in [-0.05, 0) is 38.8 Å². The molecule has 0 unspecified atom stereocenters. The van der Waals surface area contributed by atoms with Crippen molar-refractivity contribution >= 4 is 11.6 Å². The fourth-order valence-corrected chi connectivity index (χ4v) is 1.30. The van der Waals surface area contributed by atoms with Gasteiger partial charge in [-0.1, -0.05) is 28.8 Å². The van der Waals surface area contributed by atoms with Crippen molar-refractivity contribution in [3.63, 3.8) is 0 Å². The molecule has 0 heterocycles. The van der Waals surface area contributed by atoms with Gasteiger partial charge < -0.3 is 0 Å². The predicted molar refractivity (Wildman–Crippen MR) is 50.7 cm³/mol. The molecule has 1 aliphatic rings. The van der Waals surface area contributed by atoms with Gasteiger partial charge in [0.1, 0.15) is 0 Å². The van der Waals surface area contributed by atoms with Crippen molar-refractivity contribution in [2.75, 3.05) is 0 Å². The summed E-state index contributed by atoms with van der Waals surface area (Å²) in [5.41, 5.74) is 2.76. The Labute approximate surface area is 73.3 Å². The molecule has 0 nitrogen and oxygen atoms in total. The van der Waals surface area contributed by atoms with Gasteiger partial charge in [-0.2, -0.15) is 0 Å². The molecule has 1 heteroatoms. The van der Waals surface area contributed by atoms with Crippen molar-refractivity contribution < 1.29 is 0 Å². The first-order chi connectivity index (χ1) is 5.18. The third-order valence-corrected chi connectivity index (χ3v) is 2.06. The van der Waals surface area contributed by atoms with E-state index in [1.807, 2.05) is 12.2 Å². The third kappa shape index (κ3) is 2.94. The van der Waals surface area contributed by atoms with E-state index < -0.39 is 0 Å². The highest BCUT2D eigenvalue weighted by atomic mass is 35.5. The Morgan fingerprint density at radius 2 is 1.73 bits per heavy atom. The molecule has 0 atom stereocenters. The maximum Gasteiger partial charge on any atom is 0.0405 e. The molecule has 60 valence electrons. The molecular formula is C10H13Cl. The minimum Gasteiger partial charge on any atom is -0.0843 e. The molecule has 0 fully saturated rings. The number of hydrogen-bond acceptors (Lipinski definition) is 0. The number of rotatable bonds is 0. The Bertz CT molecular complexity index is 231. The molecule has 0 saturated heterocycles. The first kappa shape index (κ1) is 8.61. The van der Waals surface area contributed by atoms with Gasteiger partial charge in [0.2, 0.25) is 0 Å². The highest BCUT2D eigenvalue weighted by molar-refractivity contribution is 6.31. The average Bonchev–Trinajstić information content (AvgIpc) is 1.95. The van der Waals surface area contributed by atoms with E-state index in [2.05, 4.69) is 19.9 Å². The molecule has 0 aromatic rings. The summed E-state index contributed by atoms with van der Waals surface area (Å²) in [6.45, 7) is 4.26. The van der Waals surface area contributed by atoms with Gasteiger partial charge >= 0.3 is 0 Å². The largest absolute Gasteiger partial charge is 0.0843 e. The number of hydrogen-bond donors (Lipinski definition) is 0. The van der Waals surface area contributed by atoms with E-state index >= 15 is 0 Å². The first-order valence-corrected chi connectivity index (χ1v) is 4.26. The highest BCUT2D eigenvalue weighted by Gasteiger charge is 1.96. The van der Waals surface area contributed by atoms with E-state index in [-0.39, 0.29) is 0 Å². The van der Waals surface area contributed by atoms with E-state index in [0.29, 0.717) is 0 Å². The second-order valence-corrected chi connectivity index (χ2v) is 3.49. The fraction of sp³-hybridized carbons (Fsp3) is 0.400. The molecular weight excluding hydrogens is 156 g/mol. The van der Waals surface area contributed by atoms with E-state index in [9.17, 15) is 0 Å². The third-order valence-electron chi connectivity index (χ3n) is 1.83. The first-order valence-electron chi connectivity index (χ1n) is 3.88. The van der Waals surface area contributed by atoms with Crippen LogP contribution in [-0.2, 0) is 0 Å². The lowest BCUT2D eigenvalue weighted by Crippen LogP contribution is -1.84. The summed E-state index contributed by atoms with van der Waals surface area (Å²) in [7, 11) is 0. The number of allylic oxidation sites excluding steroid dienone is 6. The lowest BCUT2D eigenvalue weighted by Gasteiger charge is -2.04. The van der Waals surface area contributed by atoms with Crippen LogP contribution in [0.25, 0.3) is 0 Å². The van der Waals surface area contributed by atoms with E-state index in [0.717, 1.165) is 17.9 Å². The summed E-state index contributed by atoms with van der Waals surface area (Å²) in [5.74, 6) is 0. The minimum atomic E-state index is 0.835. The highest BCUT2D eigenvalue weighted by Crippen LogP contribution is 2.18. The van der Waals surface area contributed by atoms with Gasteiger partial charge in [-0.25, -0.2) is 0 Å². The normalized spacial score (nSPS) is 33.5. The second-order valence-electron chi connectivity index (χ2n) is 3.06. The van der Waals surface area contributed by atoms with Crippen LogP contribution < -0.4 is 0 Å². The van der Waals surface area contributed by atoms with Crippen molar-refractivity contribution in [3.8, 4) is 0 Å². The van der Waals surface area contributed by atoms with Crippen LogP contribution in [0.15, 0.2) is 34.4 Å². The lowest BCUT2D eigenvalue weighted by molar-refractivity contribution is 0.921. The van der Waals surface area contributed by atoms with Crippen molar-refractivity contribution in [2.45, 2.75) is 26.7 Å². The van der Waals surface area contributed by atoms with E-state index in [1.54, 1.807) is 0 Å². The molecule has 0 aromatic carbocycles. The monoisotopic (exact) mass is 168 g/mol. The molecule has 0 spiro atoms. The second kappa shape index (κ2) is 3.77. The summed E-state index contributed by atoms with van der Waals surface area (Å²) in [6.07, 6.45) is 8.37. The van der Waals surface area contributed by atoms with Crippen LogP contribution in [0.4, 0.5) is 0 Å². The van der Waals surface area contributed by atoms with Crippen LogP contribution in [0.2, 0.25) is 0 Å². The van der Waals surface area contributed by atoms with Crippen molar-refractivity contribution in [2.24, 2.45) is 0 Å². The van der Waals surface area contributed by atoms with Crippen LogP contribution in [0.1, 0.15) is 26.7 Å². The van der Waals surface area contributed by atoms with E-state index in [1.165, 1.54) is 11.1 Å². The maximum atomic E-state index is 5.89. The van der Waals surface area contributed by atoms with Gasteiger partial charge in [0.05, 0.1) is 0 Å². The van der Waals surface area contributed by atoms with Gasteiger partial charge in [-0.15, -0.1) is 0 Å². The van der Waals surface area contributed by atoms with Crippen LogP contribution in [0, 0.1) is 0 Å². The van der Waals surface area contributed by atoms with Gasteiger partial charge in [0, 0.05) is 5.03 Å². The number of halogens is 1. The Morgan fingerprint density at radius 3 is 2.45 bits per heavy atom. The molecule has 0 amide bonds. The van der Waals surface area contributed by atoms with Crippen LogP contribution in [0.3, 0.4) is 0 Å². The summed E-state index contributed by atoms with van der Waals surface area (Å²) in [4.78, 5) is 0. The van der Waals surface area contributed by atoms with Crippen molar-refractivity contribution in [1.29, 1.82) is 0 Å². The Hall–Kier alpha value is -0.490. The van der Waals surface area contributed by atoms with E-state index in [4.69, 9.17) is 11.6 Å². The molecule has 0 saturated carbocycles. The Morgan fingerprint density at radius 1 is 1.09 bits per heavy atom. The molecule has 11 heavy (non-hydrogen) atoms. The van der Waals surface area contributed by atoms with Crippen molar-refractivity contribution in [3.05, 3.63) is 34.4 Å². The Balaban J connectivity index is 2.84. The SMILES string of the molecule is C/C1=C/C=C(Cl)\C=C(/C)CC1. The quantitative estimate of drug-likeness (QED) is 0.516. The zero-order chi connectivity index (χ0) is 8.27. The smallest absolute Gasteiger partial charge is 0.0405 e.